The predicted octanol–water partition coefficient (Wildman–Crippen LogP) is 25.6. The number of nitrogens with zero attached hydrogens (tertiary/aromatic N) is 6. The van der Waals surface area contributed by atoms with Gasteiger partial charge in [0.15, 0.2) is 0 Å². The molecule has 0 aliphatic carbocycles. The monoisotopic (exact) mass is 1420 g/mol. The van der Waals surface area contributed by atoms with Crippen molar-refractivity contribution in [2.45, 2.75) is 78.6 Å². The number of rotatable bonds is 10. The van der Waals surface area contributed by atoms with Gasteiger partial charge < -0.3 is 18.9 Å². The topological polar surface area (TPSA) is 63.9 Å². The van der Waals surface area contributed by atoms with E-state index in [4.69, 9.17) is 0 Å². The number of hydrogen-bond donors (Lipinski definition) is 0. The molecule has 530 valence electrons. The van der Waals surface area contributed by atoms with Crippen molar-refractivity contribution in [1.82, 2.24) is 9.13 Å². The van der Waals surface area contributed by atoms with Crippen molar-refractivity contribution in [3.63, 3.8) is 0 Å². The van der Waals surface area contributed by atoms with Gasteiger partial charge in [-0.1, -0.05) is 281 Å². The fourth-order valence-corrected chi connectivity index (χ4v) is 17.6. The number of aromatic nitrogens is 2. The number of nitriles is 2. The maximum absolute atomic E-state index is 11.0. The standard InChI is InChI=1S/C104H81BN6/c1-102(2,3)76-46-42-68(43-47-76)74-56-85(70-28-12-10-13-29-70)100(87(58-74)72-32-24-26-66(54-72)64-106)110-95-62-79(108-91-38-20-16-34-81(91)82-35-17-21-39-92(82)108)50-52-89(95)105-90-53-51-80(109-93-40-22-18-36-83(93)84-37-19-23-41-94(84)109)63-96(90)111(98-61-78(104(7,8)9)60-97(110)99(98)105)101-86(71-30-14-11-15-31-71)57-75(69-44-48-77(49-45-69)103(4,5)6)59-88(101)73-33-25-27-67(55-73)65-107/h10-63H,1-9H3. The predicted molar refractivity (Wildman–Crippen MR) is 467 cm³/mol. The van der Waals surface area contributed by atoms with Crippen LogP contribution in [0.2, 0.25) is 0 Å². The number of hydrogen-bond acceptors (Lipinski definition) is 4. The molecule has 17 aromatic rings. The zero-order chi connectivity index (χ0) is 75.8. The van der Waals surface area contributed by atoms with Crippen LogP contribution in [0.25, 0.3) is 122 Å². The third kappa shape index (κ3) is 11.4. The van der Waals surface area contributed by atoms with E-state index in [0.29, 0.717) is 11.1 Å². The molecule has 15 aromatic carbocycles. The lowest BCUT2D eigenvalue weighted by Crippen LogP contribution is -2.61. The van der Waals surface area contributed by atoms with Gasteiger partial charge in [-0.05, 0) is 203 Å². The molecule has 0 N–H and O–H groups in total. The molecule has 2 aromatic heterocycles. The maximum atomic E-state index is 11.0. The van der Waals surface area contributed by atoms with Crippen LogP contribution in [0.5, 0.6) is 0 Å². The van der Waals surface area contributed by atoms with Crippen molar-refractivity contribution >= 4 is 101 Å². The van der Waals surface area contributed by atoms with Crippen LogP contribution in [-0.2, 0) is 16.2 Å². The van der Waals surface area contributed by atoms with Crippen LogP contribution >= 0.6 is 0 Å². The first-order valence-electron chi connectivity index (χ1n) is 38.6. The Morgan fingerprint density at radius 3 is 0.928 bits per heavy atom. The Labute approximate surface area is 650 Å². The van der Waals surface area contributed by atoms with Gasteiger partial charge >= 0.3 is 0 Å². The lowest BCUT2D eigenvalue weighted by atomic mass is 9.33. The summed E-state index contributed by atoms with van der Waals surface area (Å²) in [5, 5.41) is 26.8. The third-order valence-corrected chi connectivity index (χ3v) is 23.2. The molecule has 0 fully saturated rings. The van der Waals surface area contributed by atoms with E-state index in [2.05, 4.69) is 397 Å². The zero-order valence-electron chi connectivity index (χ0n) is 63.9. The number of benzene rings is 15. The zero-order valence-corrected chi connectivity index (χ0v) is 63.9. The van der Waals surface area contributed by atoms with Crippen LogP contribution in [0.15, 0.2) is 328 Å². The fourth-order valence-electron chi connectivity index (χ4n) is 17.6. The quantitative estimate of drug-likeness (QED) is 0.128. The average Bonchev–Trinajstić information content (AvgIpc) is 1.14. The summed E-state index contributed by atoms with van der Waals surface area (Å²) in [6.07, 6.45) is 0. The molecule has 111 heavy (non-hydrogen) atoms. The Kier molecular flexibility index (Phi) is 16.1. The Bertz CT molecular complexity index is 6220. The summed E-state index contributed by atoms with van der Waals surface area (Å²) in [6.45, 7) is 20.3. The number of anilines is 6. The van der Waals surface area contributed by atoms with Crippen LogP contribution in [-0.4, -0.2) is 15.8 Å². The highest BCUT2D eigenvalue weighted by Gasteiger charge is 2.47. The minimum absolute atomic E-state index is 0.0565. The summed E-state index contributed by atoms with van der Waals surface area (Å²) in [6, 6.07) is 126. The SMILES string of the molecule is CC(C)(C)c1ccc(-c2cc(-c3ccccc3)c(N3c4cc(-n5c6ccccc6c6ccccc65)ccc4B4c5ccc(-n6c7ccccc7c7ccccc76)cc5N(c5c(-c6ccccc6)cc(-c6ccc(C(C)(C)C)cc6)cc5-c5cccc(C#N)c5)c5cc(C(C)(C)C)cc3c54)c(-c3cccc(C#N)c3)c2)cc1. The largest absolute Gasteiger partial charge is 0.310 e. The lowest BCUT2D eigenvalue weighted by Gasteiger charge is -2.46. The Morgan fingerprint density at radius 1 is 0.261 bits per heavy atom. The van der Waals surface area contributed by atoms with Crippen molar-refractivity contribution in [2.75, 3.05) is 9.80 Å². The van der Waals surface area contributed by atoms with Gasteiger partial charge in [-0.15, -0.1) is 0 Å². The van der Waals surface area contributed by atoms with E-state index in [9.17, 15) is 10.5 Å². The van der Waals surface area contributed by atoms with Gasteiger partial charge in [0.1, 0.15) is 0 Å². The average molecular weight is 1430 g/mol. The van der Waals surface area contributed by atoms with Crippen molar-refractivity contribution < 1.29 is 0 Å². The second-order valence-corrected chi connectivity index (χ2v) is 33.1. The molecule has 7 heteroatoms. The van der Waals surface area contributed by atoms with E-state index >= 15 is 0 Å². The minimum atomic E-state index is -0.431. The van der Waals surface area contributed by atoms with Crippen molar-refractivity contribution in [3.05, 3.63) is 355 Å². The molecule has 0 amide bonds. The summed E-state index contributed by atoms with van der Waals surface area (Å²) in [7, 11) is 0. The molecule has 0 radical (unpaired) electrons. The molecule has 6 nitrogen and oxygen atoms in total. The number of fused-ring (bicyclic) bond motifs is 10. The third-order valence-electron chi connectivity index (χ3n) is 23.2. The summed E-state index contributed by atoms with van der Waals surface area (Å²) in [4.78, 5) is 5.27. The Morgan fingerprint density at radius 2 is 0.586 bits per heavy atom. The van der Waals surface area contributed by atoms with E-state index in [-0.39, 0.29) is 17.5 Å². The molecule has 2 aliphatic rings. The van der Waals surface area contributed by atoms with Gasteiger partial charge in [-0.2, -0.15) is 10.5 Å². The van der Waals surface area contributed by atoms with Gasteiger partial charge in [-0.25, -0.2) is 0 Å². The van der Waals surface area contributed by atoms with Gasteiger partial charge in [0.25, 0.3) is 6.71 Å². The first-order valence-corrected chi connectivity index (χ1v) is 38.6. The first kappa shape index (κ1) is 68.1. The van der Waals surface area contributed by atoms with Crippen molar-refractivity contribution in [2.24, 2.45) is 0 Å². The van der Waals surface area contributed by atoms with Gasteiger partial charge in [-0.3, -0.25) is 0 Å². The second-order valence-electron chi connectivity index (χ2n) is 33.1. The van der Waals surface area contributed by atoms with Gasteiger partial charge in [0.05, 0.1) is 56.7 Å². The number of para-hydroxylation sites is 4. The van der Waals surface area contributed by atoms with Crippen LogP contribution in [0.4, 0.5) is 34.1 Å². The van der Waals surface area contributed by atoms with E-state index in [1.165, 1.54) is 32.7 Å². The van der Waals surface area contributed by atoms with E-state index in [0.717, 1.165) is 156 Å². The first-order chi connectivity index (χ1) is 53.9. The molecule has 19 rings (SSSR count). The highest BCUT2D eigenvalue weighted by atomic mass is 15.2. The van der Waals surface area contributed by atoms with Crippen molar-refractivity contribution in [3.8, 4) is 90.3 Å². The molecule has 0 spiro atoms. The summed E-state index contributed by atoms with van der Waals surface area (Å²) >= 11 is 0. The molecule has 2 aliphatic heterocycles. The van der Waals surface area contributed by atoms with Crippen molar-refractivity contribution in [1.29, 1.82) is 10.5 Å². The Balaban J connectivity index is 0.998. The molecular formula is C104H81BN6. The minimum Gasteiger partial charge on any atom is -0.310 e. The molecule has 0 saturated carbocycles. The van der Waals surface area contributed by atoms with E-state index in [1.54, 1.807) is 0 Å². The molecule has 0 saturated heterocycles. The summed E-state index contributed by atoms with van der Waals surface area (Å²) < 4.78 is 4.92. The van der Waals surface area contributed by atoms with Crippen LogP contribution in [0.3, 0.4) is 0 Å². The van der Waals surface area contributed by atoms with E-state index in [1.807, 2.05) is 24.3 Å². The van der Waals surface area contributed by atoms with Crippen LogP contribution < -0.4 is 26.2 Å². The highest BCUT2D eigenvalue weighted by molar-refractivity contribution is 7.00. The molecule has 0 bridgehead atoms. The molecular weight excluding hydrogens is 1340 g/mol. The second kappa shape index (κ2) is 26.2. The lowest BCUT2D eigenvalue weighted by molar-refractivity contribution is 0.590. The summed E-state index contributed by atoms with van der Waals surface area (Å²) in [5.74, 6) is 0. The normalized spacial score (nSPS) is 12.7. The Hall–Kier alpha value is -13.5. The molecule has 4 heterocycles. The van der Waals surface area contributed by atoms with Gasteiger partial charge in [0.2, 0.25) is 0 Å². The van der Waals surface area contributed by atoms with Gasteiger partial charge in [0, 0.05) is 77.9 Å². The fraction of sp³-hybridized carbons (Fsp3) is 0.115. The smallest absolute Gasteiger partial charge is 0.252 e. The summed E-state index contributed by atoms with van der Waals surface area (Å²) in [5.41, 5.74) is 32.6. The molecule has 0 atom stereocenters. The molecule has 0 unspecified atom stereocenters. The maximum Gasteiger partial charge on any atom is 0.252 e. The highest BCUT2D eigenvalue weighted by Crippen LogP contribution is 2.56. The van der Waals surface area contributed by atoms with E-state index < -0.39 is 5.41 Å². The van der Waals surface area contributed by atoms with Crippen LogP contribution in [0.1, 0.15) is 90.1 Å². The van der Waals surface area contributed by atoms with Crippen LogP contribution in [0, 0.1) is 22.7 Å².